The molecule has 2 aliphatic heterocycles. The van der Waals surface area contributed by atoms with Crippen LogP contribution in [-0.2, 0) is 4.74 Å². The van der Waals surface area contributed by atoms with E-state index in [1.54, 1.807) is 0 Å². The van der Waals surface area contributed by atoms with Gasteiger partial charge in [0.25, 0.3) is 0 Å². The summed E-state index contributed by atoms with van der Waals surface area (Å²) in [7, 11) is 0. The molecular weight excluding hydrogens is 452 g/mol. The van der Waals surface area contributed by atoms with Crippen LogP contribution in [-0.4, -0.2) is 84.0 Å². The number of fused-ring (bicyclic) bond motifs is 1. The number of piperidine rings is 1. The maximum Gasteiger partial charge on any atom is 0.226 e. The van der Waals surface area contributed by atoms with Gasteiger partial charge in [-0.15, -0.1) is 0 Å². The number of aliphatic hydroxyl groups is 3. The Morgan fingerprint density at radius 2 is 2.00 bits per heavy atom. The lowest BCUT2D eigenvalue weighted by atomic mass is 10.1. The molecule has 33 heavy (non-hydrogen) atoms. The molecule has 1 unspecified atom stereocenters. The van der Waals surface area contributed by atoms with Crippen molar-refractivity contribution in [2.24, 2.45) is 0 Å². The predicted molar refractivity (Wildman–Crippen MR) is 119 cm³/mol. The summed E-state index contributed by atoms with van der Waals surface area (Å²) in [5.41, 5.74) is 4.04. The molecule has 0 bridgehead atoms. The Hall–Kier alpha value is -2.54. The lowest BCUT2D eigenvalue weighted by Gasteiger charge is -2.33. The number of halogens is 1. The first-order valence-electron chi connectivity index (χ1n) is 10.8. The SMILES string of the molecule is OC[C@H]1O[C@@H](n2cnc3c(NN4CCCC(Oc5ccccc5)C4)nc(Cl)nc32)[C@H](O)[C@@H]1O. The molecule has 0 aliphatic carbocycles. The number of rotatable bonds is 6. The Labute approximate surface area is 194 Å². The summed E-state index contributed by atoms with van der Waals surface area (Å²) in [5.74, 6) is 1.24. The van der Waals surface area contributed by atoms with Crippen LogP contribution in [0.3, 0.4) is 0 Å². The van der Waals surface area contributed by atoms with E-state index in [0.717, 1.165) is 25.1 Å². The summed E-state index contributed by atoms with van der Waals surface area (Å²) in [6, 6.07) is 9.70. The lowest BCUT2D eigenvalue weighted by Crippen LogP contribution is -2.44. The number of hydrogen-bond acceptors (Lipinski definition) is 10. The quantitative estimate of drug-likeness (QED) is 0.380. The number of hydrazine groups is 1. The zero-order valence-corrected chi connectivity index (χ0v) is 18.4. The summed E-state index contributed by atoms with van der Waals surface area (Å²) < 4.78 is 13.2. The van der Waals surface area contributed by atoms with Gasteiger partial charge in [0, 0.05) is 6.54 Å². The Bertz CT molecular complexity index is 1100. The fraction of sp³-hybridized carbons (Fsp3) is 0.476. The van der Waals surface area contributed by atoms with Crippen molar-refractivity contribution in [3.05, 3.63) is 41.9 Å². The van der Waals surface area contributed by atoms with Crippen LogP contribution in [0, 0.1) is 0 Å². The van der Waals surface area contributed by atoms with Crippen molar-refractivity contribution in [1.29, 1.82) is 0 Å². The fourth-order valence-corrected chi connectivity index (χ4v) is 4.41. The Balaban J connectivity index is 1.36. The summed E-state index contributed by atoms with van der Waals surface area (Å²) >= 11 is 6.19. The molecule has 5 rings (SSSR count). The highest BCUT2D eigenvalue weighted by Gasteiger charge is 2.44. The van der Waals surface area contributed by atoms with Crippen molar-refractivity contribution < 1.29 is 24.8 Å². The molecule has 2 aromatic heterocycles. The van der Waals surface area contributed by atoms with E-state index in [-0.39, 0.29) is 11.4 Å². The fourth-order valence-electron chi connectivity index (χ4n) is 4.24. The second-order valence-electron chi connectivity index (χ2n) is 8.15. The zero-order chi connectivity index (χ0) is 22.9. The monoisotopic (exact) mass is 476 g/mol. The number of imidazole rings is 1. The van der Waals surface area contributed by atoms with E-state index >= 15 is 0 Å². The van der Waals surface area contributed by atoms with E-state index < -0.39 is 31.1 Å². The number of ether oxygens (including phenoxy) is 2. The van der Waals surface area contributed by atoms with Gasteiger partial charge in [-0.2, -0.15) is 9.97 Å². The Morgan fingerprint density at radius 1 is 1.18 bits per heavy atom. The van der Waals surface area contributed by atoms with Gasteiger partial charge in [-0.3, -0.25) is 4.57 Å². The van der Waals surface area contributed by atoms with Gasteiger partial charge in [-0.25, -0.2) is 9.99 Å². The molecule has 3 aromatic rings. The molecule has 11 nitrogen and oxygen atoms in total. The molecule has 4 heterocycles. The second-order valence-corrected chi connectivity index (χ2v) is 8.49. The van der Waals surface area contributed by atoms with Crippen LogP contribution in [0.2, 0.25) is 5.28 Å². The van der Waals surface area contributed by atoms with Crippen molar-refractivity contribution in [3.8, 4) is 5.75 Å². The van der Waals surface area contributed by atoms with Crippen molar-refractivity contribution in [3.63, 3.8) is 0 Å². The third kappa shape index (κ3) is 4.47. The minimum atomic E-state index is -1.26. The number of aromatic nitrogens is 4. The standard InChI is InChI=1S/C21H25ClN6O5/c22-21-24-18(26-27-8-4-7-13(9-27)32-12-5-2-1-3-6-12)15-19(25-21)28(11-23-15)20-17(31)16(30)14(10-29)33-20/h1-3,5-6,11,13-14,16-17,20,29-31H,4,7-10H2,(H,24,25,26)/t13?,14-,16-,17-,20-/m1/s1. The number of benzene rings is 1. The third-order valence-corrected chi connectivity index (χ3v) is 6.04. The minimum Gasteiger partial charge on any atom is -0.489 e. The van der Waals surface area contributed by atoms with Gasteiger partial charge in [-0.1, -0.05) is 18.2 Å². The number of nitrogens with zero attached hydrogens (tertiary/aromatic N) is 5. The van der Waals surface area contributed by atoms with Crippen LogP contribution in [0.5, 0.6) is 5.75 Å². The van der Waals surface area contributed by atoms with Gasteiger partial charge in [-0.05, 0) is 36.6 Å². The second kappa shape index (κ2) is 9.37. The van der Waals surface area contributed by atoms with Gasteiger partial charge in [0.2, 0.25) is 5.28 Å². The number of aliphatic hydroxyl groups excluding tert-OH is 3. The first-order valence-corrected chi connectivity index (χ1v) is 11.2. The predicted octanol–water partition coefficient (Wildman–Crippen LogP) is 0.961. The highest BCUT2D eigenvalue weighted by Crippen LogP contribution is 2.33. The van der Waals surface area contributed by atoms with Crippen LogP contribution in [0.4, 0.5) is 5.82 Å². The summed E-state index contributed by atoms with van der Waals surface area (Å²) in [4.78, 5) is 12.9. The molecule has 0 saturated carbocycles. The molecule has 0 radical (unpaired) electrons. The molecule has 4 N–H and O–H groups in total. The maximum atomic E-state index is 10.4. The van der Waals surface area contributed by atoms with E-state index in [1.807, 2.05) is 35.3 Å². The van der Waals surface area contributed by atoms with Crippen molar-refractivity contribution in [1.82, 2.24) is 24.5 Å². The smallest absolute Gasteiger partial charge is 0.226 e. The van der Waals surface area contributed by atoms with E-state index in [4.69, 9.17) is 21.1 Å². The van der Waals surface area contributed by atoms with Crippen molar-refractivity contribution in [2.45, 2.75) is 43.5 Å². The van der Waals surface area contributed by atoms with Gasteiger partial charge >= 0.3 is 0 Å². The topological polar surface area (TPSA) is 138 Å². The molecule has 176 valence electrons. The summed E-state index contributed by atoms with van der Waals surface area (Å²) in [6.45, 7) is 0.992. The summed E-state index contributed by atoms with van der Waals surface area (Å²) in [6.07, 6.45) is -1.05. The highest BCUT2D eigenvalue weighted by molar-refractivity contribution is 6.28. The average molecular weight is 477 g/mol. The van der Waals surface area contributed by atoms with Gasteiger partial charge in [0.1, 0.15) is 30.2 Å². The summed E-state index contributed by atoms with van der Waals surface area (Å²) in [5, 5.41) is 31.9. The molecule has 2 saturated heterocycles. The van der Waals surface area contributed by atoms with Crippen molar-refractivity contribution >= 4 is 28.6 Å². The van der Waals surface area contributed by atoms with E-state index in [9.17, 15) is 15.3 Å². The first-order chi connectivity index (χ1) is 16.0. The van der Waals surface area contributed by atoms with E-state index in [1.165, 1.54) is 10.9 Å². The van der Waals surface area contributed by atoms with E-state index in [2.05, 4.69) is 20.4 Å². The molecule has 1 aromatic carbocycles. The normalized spacial score (nSPS) is 28.3. The number of para-hydroxylation sites is 1. The average Bonchev–Trinajstić information content (AvgIpc) is 3.35. The van der Waals surface area contributed by atoms with Gasteiger partial charge in [0.05, 0.1) is 19.5 Å². The van der Waals surface area contributed by atoms with Crippen LogP contribution in [0.15, 0.2) is 36.7 Å². The largest absolute Gasteiger partial charge is 0.489 e. The van der Waals surface area contributed by atoms with E-state index in [0.29, 0.717) is 23.5 Å². The molecule has 5 atom stereocenters. The molecule has 0 spiro atoms. The number of nitrogens with one attached hydrogen (secondary N) is 1. The number of hydrogen-bond donors (Lipinski definition) is 4. The minimum absolute atomic E-state index is 0.00686. The Morgan fingerprint density at radius 3 is 2.76 bits per heavy atom. The molecule has 2 fully saturated rings. The molecular formula is C21H25ClN6O5. The Kier molecular flexibility index (Phi) is 6.32. The lowest BCUT2D eigenvalue weighted by molar-refractivity contribution is -0.0511. The van der Waals surface area contributed by atoms with Crippen molar-refractivity contribution in [2.75, 3.05) is 25.1 Å². The first kappa shape index (κ1) is 22.3. The van der Waals surface area contributed by atoms with Gasteiger partial charge < -0.3 is 30.2 Å². The van der Waals surface area contributed by atoms with Crippen LogP contribution in [0.1, 0.15) is 19.1 Å². The molecule has 2 aliphatic rings. The number of anilines is 1. The van der Waals surface area contributed by atoms with Gasteiger partial charge in [0.15, 0.2) is 23.2 Å². The molecule has 0 amide bonds. The highest BCUT2D eigenvalue weighted by atomic mass is 35.5. The van der Waals surface area contributed by atoms with Crippen LogP contribution >= 0.6 is 11.6 Å². The zero-order valence-electron chi connectivity index (χ0n) is 17.7. The van der Waals surface area contributed by atoms with Crippen LogP contribution in [0.25, 0.3) is 11.2 Å². The van der Waals surface area contributed by atoms with Crippen LogP contribution < -0.4 is 10.2 Å². The maximum absolute atomic E-state index is 10.4. The molecule has 12 heteroatoms. The third-order valence-electron chi connectivity index (χ3n) is 5.87.